The van der Waals surface area contributed by atoms with Crippen LogP contribution in [-0.4, -0.2) is 33.4 Å². The molecule has 0 bridgehead atoms. The van der Waals surface area contributed by atoms with Crippen LogP contribution in [0.1, 0.15) is 18.1 Å². The number of nitrogens with one attached hydrogen (secondary N) is 1. The topological polar surface area (TPSA) is 30.5 Å². The van der Waals surface area contributed by atoms with Crippen LogP contribution in [0.4, 0.5) is 0 Å². The molecule has 1 aromatic carbocycles. The van der Waals surface area contributed by atoms with Crippen LogP contribution in [0.25, 0.3) is 0 Å². The lowest BCUT2D eigenvalue weighted by Crippen LogP contribution is -2.37. The van der Waals surface area contributed by atoms with E-state index < -0.39 is 0 Å². The molecule has 0 radical (unpaired) electrons. The van der Waals surface area contributed by atoms with Crippen LogP contribution in [0.2, 0.25) is 0 Å². The third-order valence-corrected chi connectivity index (χ3v) is 3.36. The molecule has 0 aliphatic carbocycles. The van der Waals surface area contributed by atoms with Gasteiger partial charge in [-0.2, -0.15) is 0 Å². The molecule has 0 saturated carbocycles. The standard InChI is InChI=1S/C14H21NO2/c1-11-4-5-13(16-3)12(8-11)14(2)9-15-6-7-17-10-14/h4-5,8,15H,6-7,9-10H2,1-3H3. The second kappa shape index (κ2) is 5.07. The SMILES string of the molecule is COc1ccc(C)cc1C1(C)CNCCOC1. The fourth-order valence-electron chi connectivity index (χ4n) is 2.32. The predicted molar refractivity (Wildman–Crippen MR) is 68.8 cm³/mol. The third-order valence-electron chi connectivity index (χ3n) is 3.36. The Bertz CT molecular complexity index is 382. The summed E-state index contributed by atoms with van der Waals surface area (Å²) in [5.74, 6) is 0.949. The molecule has 2 rings (SSSR count). The summed E-state index contributed by atoms with van der Waals surface area (Å²) in [5.41, 5.74) is 2.47. The zero-order valence-electron chi connectivity index (χ0n) is 10.9. The van der Waals surface area contributed by atoms with Crippen LogP contribution in [0.3, 0.4) is 0 Å². The van der Waals surface area contributed by atoms with Gasteiger partial charge in [0, 0.05) is 24.1 Å². The Kier molecular flexibility index (Phi) is 3.69. The Labute approximate surface area is 103 Å². The van der Waals surface area contributed by atoms with Gasteiger partial charge in [-0.3, -0.25) is 0 Å². The number of hydrogen-bond acceptors (Lipinski definition) is 3. The molecule has 94 valence electrons. The largest absolute Gasteiger partial charge is 0.496 e. The highest BCUT2D eigenvalue weighted by molar-refractivity contribution is 5.42. The summed E-state index contributed by atoms with van der Waals surface area (Å²) >= 11 is 0. The smallest absolute Gasteiger partial charge is 0.122 e. The van der Waals surface area contributed by atoms with Crippen molar-refractivity contribution in [3.63, 3.8) is 0 Å². The molecule has 0 amide bonds. The fraction of sp³-hybridized carbons (Fsp3) is 0.571. The van der Waals surface area contributed by atoms with Gasteiger partial charge in [0.25, 0.3) is 0 Å². The summed E-state index contributed by atoms with van der Waals surface area (Å²) in [6.45, 7) is 7.69. The molecule has 1 aromatic rings. The van der Waals surface area contributed by atoms with Crippen LogP contribution in [0.15, 0.2) is 18.2 Å². The summed E-state index contributed by atoms with van der Waals surface area (Å²) in [7, 11) is 1.72. The molecular weight excluding hydrogens is 214 g/mol. The van der Waals surface area contributed by atoms with Crippen molar-refractivity contribution in [1.29, 1.82) is 0 Å². The Balaban J connectivity index is 2.38. The van der Waals surface area contributed by atoms with Gasteiger partial charge in [0.15, 0.2) is 0 Å². The number of hydrogen-bond donors (Lipinski definition) is 1. The molecular formula is C14H21NO2. The molecule has 1 aliphatic rings. The number of methoxy groups -OCH3 is 1. The maximum atomic E-state index is 5.69. The van der Waals surface area contributed by atoms with E-state index in [0.717, 1.165) is 32.1 Å². The van der Waals surface area contributed by atoms with E-state index in [1.54, 1.807) is 7.11 Å². The van der Waals surface area contributed by atoms with E-state index in [1.165, 1.54) is 11.1 Å². The monoisotopic (exact) mass is 235 g/mol. The average molecular weight is 235 g/mol. The maximum absolute atomic E-state index is 5.69. The zero-order valence-corrected chi connectivity index (χ0v) is 10.9. The molecule has 1 heterocycles. The van der Waals surface area contributed by atoms with Gasteiger partial charge in [-0.15, -0.1) is 0 Å². The minimum absolute atomic E-state index is 0.0200. The van der Waals surface area contributed by atoms with Crippen molar-refractivity contribution in [2.45, 2.75) is 19.3 Å². The predicted octanol–water partition coefficient (Wildman–Crippen LogP) is 1.88. The van der Waals surface area contributed by atoms with Gasteiger partial charge in [-0.05, 0) is 13.0 Å². The Hall–Kier alpha value is -1.06. The lowest BCUT2D eigenvalue weighted by atomic mass is 9.82. The van der Waals surface area contributed by atoms with E-state index in [-0.39, 0.29) is 5.41 Å². The van der Waals surface area contributed by atoms with Crippen molar-refractivity contribution in [2.24, 2.45) is 0 Å². The first-order chi connectivity index (χ1) is 8.15. The maximum Gasteiger partial charge on any atom is 0.122 e. The molecule has 1 aliphatic heterocycles. The van der Waals surface area contributed by atoms with E-state index in [2.05, 4.69) is 31.3 Å². The molecule has 1 unspecified atom stereocenters. The minimum atomic E-state index is -0.0200. The van der Waals surface area contributed by atoms with Crippen LogP contribution in [0, 0.1) is 6.92 Å². The van der Waals surface area contributed by atoms with E-state index >= 15 is 0 Å². The highest BCUT2D eigenvalue weighted by Crippen LogP contribution is 2.33. The molecule has 17 heavy (non-hydrogen) atoms. The minimum Gasteiger partial charge on any atom is -0.496 e. The van der Waals surface area contributed by atoms with Crippen LogP contribution in [-0.2, 0) is 10.2 Å². The normalized spacial score (nSPS) is 25.4. The van der Waals surface area contributed by atoms with Crippen molar-refractivity contribution < 1.29 is 9.47 Å². The van der Waals surface area contributed by atoms with E-state index in [0.29, 0.717) is 0 Å². The van der Waals surface area contributed by atoms with Crippen LogP contribution in [0.5, 0.6) is 5.75 Å². The number of rotatable bonds is 2. The van der Waals surface area contributed by atoms with Crippen LogP contribution < -0.4 is 10.1 Å². The van der Waals surface area contributed by atoms with Gasteiger partial charge in [0.1, 0.15) is 5.75 Å². The summed E-state index contributed by atoms with van der Waals surface area (Å²) in [5, 5.41) is 3.43. The first kappa shape index (κ1) is 12.4. The molecule has 1 fully saturated rings. The van der Waals surface area contributed by atoms with Crippen molar-refractivity contribution in [2.75, 3.05) is 33.4 Å². The van der Waals surface area contributed by atoms with Gasteiger partial charge in [0.05, 0.1) is 20.3 Å². The van der Waals surface area contributed by atoms with Gasteiger partial charge >= 0.3 is 0 Å². The second-order valence-electron chi connectivity index (χ2n) is 4.99. The van der Waals surface area contributed by atoms with Crippen molar-refractivity contribution in [3.05, 3.63) is 29.3 Å². The molecule has 1 atom stereocenters. The summed E-state index contributed by atoms with van der Waals surface area (Å²) in [4.78, 5) is 0. The molecule has 1 saturated heterocycles. The van der Waals surface area contributed by atoms with Crippen molar-refractivity contribution in [3.8, 4) is 5.75 Å². The average Bonchev–Trinajstić information content (AvgIpc) is 2.55. The summed E-state index contributed by atoms with van der Waals surface area (Å²) in [6, 6.07) is 6.33. The highest BCUT2D eigenvalue weighted by atomic mass is 16.5. The fourth-order valence-corrected chi connectivity index (χ4v) is 2.32. The first-order valence-corrected chi connectivity index (χ1v) is 6.09. The van der Waals surface area contributed by atoms with Gasteiger partial charge < -0.3 is 14.8 Å². The molecule has 0 aromatic heterocycles. The van der Waals surface area contributed by atoms with E-state index in [9.17, 15) is 0 Å². The van der Waals surface area contributed by atoms with Gasteiger partial charge in [0.2, 0.25) is 0 Å². The van der Waals surface area contributed by atoms with Crippen molar-refractivity contribution >= 4 is 0 Å². The molecule has 1 N–H and O–H groups in total. The Morgan fingerprint density at radius 2 is 2.24 bits per heavy atom. The number of ether oxygens (including phenoxy) is 2. The number of benzene rings is 1. The summed E-state index contributed by atoms with van der Waals surface area (Å²) < 4.78 is 11.2. The highest BCUT2D eigenvalue weighted by Gasteiger charge is 2.31. The lowest BCUT2D eigenvalue weighted by molar-refractivity contribution is 0.112. The molecule has 0 spiro atoms. The van der Waals surface area contributed by atoms with Gasteiger partial charge in [-0.25, -0.2) is 0 Å². The molecule has 3 nitrogen and oxygen atoms in total. The Morgan fingerprint density at radius 1 is 1.41 bits per heavy atom. The molecule has 3 heteroatoms. The van der Waals surface area contributed by atoms with E-state index in [4.69, 9.17) is 9.47 Å². The third kappa shape index (κ3) is 2.61. The second-order valence-corrected chi connectivity index (χ2v) is 4.99. The Morgan fingerprint density at radius 3 is 3.00 bits per heavy atom. The quantitative estimate of drug-likeness (QED) is 0.849. The van der Waals surface area contributed by atoms with E-state index in [1.807, 2.05) is 6.07 Å². The van der Waals surface area contributed by atoms with Gasteiger partial charge in [-0.1, -0.05) is 24.6 Å². The van der Waals surface area contributed by atoms with Crippen molar-refractivity contribution in [1.82, 2.24) is 5.32 Å². The summed E-state index contributed by atoms with van der Waals surface area (Å²) in [6.07, 6.45) is 0. The number of aryl methyl sites for hydroxylation is 1. The zero-order chi connectivity index (χ0) is 12.3. The lowest BCUT2D eigenvalue weighted by Gasteiger charge is -2.29. The first-order valence-electron chi connectivity index (χ1n) is 6.09. The van der Waals surface area contributed by atoms with Crippen LogP contribution >= 0.6 is 0 Å².